The summed E-state index contributed by atoms with van der Waals surface area (Å²) in [5, 5.41) is 2.81. The predicted molar refractivity (Wildman–Crippen MR) is 163 cm³/mol. The number of morpholine rings is 1. The average molecular weight is 608 g/mol. The molecule has 14 nitrogen and oxygen atoms in total. The molecule has 0 aliphatic carbocycles. The molecule has 226 valence electrons. The van der Waals surface area contributed by atoms with Gasteiger partial charge < -0.3 is 30.3 Å². The molecule has 2 aliphatic heterocycles. The van der Waals surface area contributed by atoms with E-state index in [-0.39, 0.29) is 35.9 Å². The summed E-state index contributed by atoms with van der Waals surface area (Å²) in [6, 6.07) is 2.11. The number of anilines is 3. The van der Waals surface area contributed by atoms with Gasteiger partial charge in [0.25, 0.3) is 10.9 Å². The number of nitrogens with one attached hydrogen (secondary N) is 1. The highest BCUT2D eigenvalue weighted by atomic mass is 32.1. The minimum Gasteiger partial charge on any atom is -0.485 e. The second-order valence-corrected chi connectivity index (χ2v) is 11.9. The zero-order valence-corrected chi connectivity index (χ0v) is 24.9. The van der Waals surface area contributed by atoms with E-state index in [1.54, 1.807) is 42.5 Å². The summed E-state index contributed by atoms with van der Waals surface area (Å²) in [6.07, 6.45) is 3.02. The second kappa shape index (κ2) is 12.2. The molecule has 1 amide bonds. The molecule has 0 saturated carbocycles. The average Bonchev–Trinajstić information content (AvgIpc) is 3.43. The molecule has 0 spiro atoms. The lowest BCUT2D eigenvalue weighted by Gasteiger charge is -2.34. The number of hydrogen-bond donors (Lipinski definition) is 2. The van der Waals surface area contributed by atoms with Gasteiger partial charge in [-0.05, 0) is 19.9 Å². The Kier molecular flexibility index (Phi) is 8.19. The van der Waals surface area contributed by atoms with Gasteiger partial charge in [0.2, 0.25) is 11.9 Å². The summed E-state index contributed by atoms with van der Waals surface area (Å²) >= 11 is 1.68. The molecule has 0 unspecified atom stereocenters. The third-order valence-corrected chi connectivity index (χ3v) is 8.49. The van der Waals surface area contributed by atoms with E-state index in [0.29, 0.717) is 50.8 Å². The van der Waals surface area contributed by atoms with Crippen LogP contribution in [0.3, 0.4) is 0 Å². The molecule has 15 heteroatoms. The van der Waals surface area contributed by atoms with Gasteiger partial charge in [0, 0.05) is 63.1 Å². The van der Waals surface area contributed by atoms with Gasteiger partial charge in [0.1, 0.15) is 5.69 Å². The minimum atomic E-state index is -0.656. The second-order valence-electron chi connectivity index (χ2n) is 10.8. The standard InChI is InChI=1S/C28H33N9O5S/c1-16(2)42-24-21(22(39)23(24)40)30-14-20(38)36-5-3-35(4-6-36)15-18-11-19-25(43-18)27(37-7-9-41-10-8-37)34-26(33-19)17-12-31-28(29)32-13-17/h11-13,16,30H,3-10,14-15H2,1-2H3,(H2,29,31,32). The predicted octanol–water partition coefficient (Wildman–Crippen LogP) is 0.707. The Bertz CT molecular complexity index is 1690. The zero-order chi connectivity index (χ0) is 30.1. The lowest BCUT2D eigenvalue weighted by molar-refractivity contribution is -0.131. The van der Waals surface area contributed by atoms with Gasteiger partial charge in [-0.15, -0.1) is 11.3 Å². The van der Waals surface area contributed by atoms with E-state index in [0.717, 1.165) is 40.5 Å². The molecule has 0 radical (unpaired) electrons. The first-order valence-electron chi connectivity index (χ1n) is 14.2. The lowest BCUT2D eigenvalue weighted by Crippen LogP contribution is -2.50. The quantitative estimate of drug-likeness (QED) is 0.255. The Morgan fingerprint density at radius 1 is 1.07 bits per heavy atom. The first-order valence-corrected chi connectivity index (χ1v) is 15.0. The fraction of sp³-hybridized carbons (Fsp3) is 0.464. The monoisotopic (exact) mass is 607 g/mol. The van der Waals surface area contributed by atoms with Crippen molar-refractivity contribution in [3.05, 3.63) is 43.8 Å². The molecule has 3 aromatic heterocycles. The largest absolute Gasteiger partial charge is 0.485 e. The van der Waals surface area contributed by atoms with Crippen molar-refractivity contribution >= 4 is 44.9 Å². The van der Waals surface area contributed by atoms with Crippen LogP contribution < -0.4 is 31.5 Å². The summed E-state index contributed by atoms with van der Waals surface area (Å²) in [5.41, 5.74) is 6.02. The van der Waals surface area contributed by atoms with Crippen LogP contribution in [0.1, 0.15) is 18.7 Å². The van der Waals surface area contributed by atoms with Crippen LogP contribution in [0.5, 0.6) is 5.75 Å². The third-order valence-electron chi connectivity index (χ3n) is 7.39. The molecule has 4 aromatic rings. The fourth-order valence-corrected chi connectivity index (χ4v) is 6.30. The molecule has 6 rings (SSSR count). The number of carbonyl (C=O) groups is 1. The van der Waals surface area contributed by atoms with Gasteiger partial charge in [-0.2, -0.15) is 0 Å². The molecule has 2 saturated heterocycles. The number of nitrogens with two attached hydrogens (primary N) is 1. The number of aromatic nitrogens is 4. The van der Waals surface area contributed by atoms with Crippen molar-refractivity contribution in [3.63, 3.8) is 0 Å². The number of fused-ring (bicyclic) bond motifs is 1. The Labute approximate surface area is 251 Å². The van der Waals surface area contributed by atoms with E-state index in [2.05, 4.69) is 31.2 Å². The van der Waals surface area contributed by atoms with Crippen molar-refractivity contribution < 1.29 is 14.3 Å². The molecule has 1 aromatic carbocycles. The highest BCUT2D eigenvalue weighted by molar-refractivity contribution is 7.19. The summed E-state index contributed by atoms with van der Waals surface area (Å²) < 4.78 is 12.0. The van der Waals surface area contributed by atoms with Gasteiger partial charge in [-0.1, -0.05) is 0 Å². The molecule has 0 atom stereocenters. The molecule has 43 heavy (non-hydrogen) atoms. The van der Waals surface area contributed by atoms with Crippen molar-refractivity contribution in [3.8, 4) is 17.1 Å². The van der Waals surface area contributed by atoms with Crippen LogP contribution >= 0.6 is 11.3 Å². The van der Waals surface area contributed by atoms with Crippen molar-refractivity contribution in [2.75, 3.05) is 75.0 Å². The lowest BCUT2D eigenvalue weighted by atomic mass is 10.2. The maximum atomic E-state index is 12.8. The third kappa shape index (κ3) is 6.14. The van der Waals surface area contributed by atoms with Crippen LogP contribution in [0, 0.1) is 0 Å². The van der Waals surface area contributed by atoms with Crippen molar-refractivity contribution in [2.45, 2.75) is 26.5 Å². The van der Waals surface area contributed by atoms with Crippen molar-refractivity contribution in [2.24, 2.45) is 0 Å². The van der Waals surface area contributed by atoms with Crippen molar-refractivity contribution in [1.29, 1.82) is 0 Å². The highest BCUT2D eigenvalue weighted by Crippen LogP contribution is 2.35. The molecule has 3 N–H and O–H groups in total. The molecular formula is C28H33N9O5S. The maximum absolute atomic E-state index is 12.8. The molecular weight excluding hydrogens is 574 g/mol. The van der Waals surface area contributed by atoms with Gasteiger partial charge in [0.15, 0.2) is 17.4 Å². The van der Waals surface area contributed by atoms with Gasteiger partial charge in [0.05, 0.1) is 41.6 Å². The van der Waals surface area contributed by atoms with Gasteiger partial charge in [-0.25, -0.2) is 19.9 Å². The van der Waals surface area contributed by atoms with Crippen LogP contribution in [-0.2, 0) is 16.1 Å². The number of hydrogen-bond acceptors (Lipinski definition) is 14. The smallest absolute Gasteiger partial charge is 0.272 e. The Hall–Kier alpha value is -4.21. The summed E-state index contributed by atoms with van der Waals surface area (Å²) in [6.45, 7) is 9.51. The highest BCUT2D eigenvalue weighted by Gasteiger charge is 2.27. The number of carbonyl (C=O) groups excluding carboxylic acids is 1. The number of nitrogen functional groups attached to an aromatic ring is 1. The zero-order valence-electron chi connectivity index (χ0n) is 24.0. The first-order chi connectivity index (χ1) is 20.8. The molecule has 2 fully saturated rings. The van der Waals surface area contributed by atoms with Gasteiger partial charge >= 0.3 is 0 Å². The van der Waals surface area contributed by atoms with Crippen molar-refractivity contribution in [1.82, 2.24) is 29.7 Å². The number of rotatable bonds is 9. The first kappa shape index (κ1) is 28.9. The Morgan fingerprint density at radius 3 is 2.49 bits per heavy atom. The van der Waals surface area contributed by atoms with Crippen LogP contribution in [0.2, 0.25) is 0 Å². The van der Waals surface area contributed by atoms with E-state index >= 15 is 0 Å². The number of ether oxygens (including phenoxy) is 2. The topological polar surface area (TPSA) is 169 Å². The summed E-state index contributed by atoms with van der Waals surface area (Å²) in [7, 11) is 0. The van der Waals surface area contributed by atoms with Crippen LogP contribution in [-0.4, -0.2) is 101 Å². The van der Waals surface area contributed by atoms with E-state index in [1.165, 1.54) is 0 Å². The minimum absolute atomic E-state index is 0.0105. The SMILES string of the molecule is CC(C)Oc1c(NCC(=O)N2CCN(Cc3cc4nc(-c5cnc(N)nc5)nc(N5CCOCC5)c4s3)CC2)c(=O)c1=O. The number of amides is 1. The molecule has 0 bridgehead atoms. The normalized spacial score (nSPS) is 16.3. The van der Waals surface area contributed by atoms with Crippen LogP contribution in [0.25, 0.3) is 21.6 Å². The Morgan fingerprint density at radius 2 is 1.79 bits per heavy atom. The van der Waals surface area contributed by atoms with E-state index in [9.17, 15) is 14.4 Å². The van der Waals surface area contributed by atoms with E-state index < -0.39 is 10.9 Å². The maximum Gasteiger partial charge on any atom is 0.272 e. The summed E-state index contributed by atoms with van der Waals surface area (Å²) in [5.74, 6) is 1.50. The summed E-state index contributed by atoms with van der Waals surface area (Å²) in [4.78, 5) is 62.0. The van der Waals surface area contributed by atoms with Crippen LogP contribution in [0.4, 0.5) is 17.5 Å². The Balaban J connectivity index is 1.11. The van der Waals surface area contributed by atoms with E-state index in [4.69, 9.17) is 25.2 Å². The molecule has 2 aliphatic rings. The number of piperazine rings is 1. The van der Waals surface area contributed by atoms with Gasteiger partial charge in [-0.3, -0.25) is 19.3 Å². The molecule has 5 heterocycles. The fourth-order valence-electron chi connectivity index (χ4n) is 5.15. The van der Waals surface area contributed by atoms with Crippen LogP contribution in [0.15, 0.2) is 28.0 Å². The number of thiophene rings is 1. The van der Waals surface area contributed by atoms with E-state index in [1.807, 2.05) is 0 Å². The number of nitrogens with zero attached hydrogens (tertiary/aromatic N) is 7.